The summed E-state index contributed by atoms with van der Waals surface area (Å²) in [6, 6.07) is 12.7. The summed E-state index contributed by atoms with van der Waals surface area (Å²) in [6.07, 6.45) is 3.89. The number of benzene rings is 2. The lowest BCUT2D eigenvalue weighted by Crippen LogP contribution is -2.39. The summed E-state index contributed by atoms with van der Waals surface area (Å²) >= 11 is 1.30. The summed E-state index contributed by atoms with van der Waals surface area (Å²) in [5, 5.41) is 1.05. The van der Waals surface area contributed by atoms with E-state index < -0.39 is 12.0 Å². The number of fused-ring (bicyclic) bond motifs is 2. The fourth-order valence-corrected chi connectivity index (χ4v) is 5.80. The molecule has 8 nitrogen and oxygen atoms in total. The van der Waals surface area contributed by atoms with Gasteiger partial charge < -0.3 is 18.8 Å². The molecule has 1 unspecified atom stereocenters. The van der Waals surface area contributed by atoms with E-state index in [2.05, 4.69) is 4.99 Å². The van der Waals surface area contributed by atoms with Crippen molar-refractivity contribution < 1.29 is 19.0 Å². The third-order valence-electron chi connectivity index (χ3n) is 6.45. The van der Waals surface area contributed by atoms with Crippen molar-refractivity contribution in [3.05, 3.63) is 90.7 Å². The van der Waals surface area contributed by atoms with Gasteiger partial charge in [0.15, 0.2) is 16.3 Å². The Bertz CT molecular complexity index is 1740. The molecular formula is C28H27N3O5S. The highest BCUT2D eigenvalue weighted by molar-refractivity contribution is 7.07. The summed E-state index contributed by atoms with van der Waals surface area (Å²) in [6.45, 7) is 3.72. The van der Waals surface area contributed by atoms with Crippen LogP contribution in [0, 0.1) is 0 Å². The molecule has 1 aliphatic heterocycles. The molecule has 1 aliphatic rings. The fraction of sp³-hybridized carbons (Fsp3) is 0.250. The van der Waals surface area contributed by atoms with Crippen LogP contribution in [0.1, 0.15) is 31.0 Å². The topological polar surface area (TPSA) is 84.1 Å². The number of aromatic nitrogens is 2. The number of carbonyl (C=O) groups excluding carboxylic acids is 1. The van der Waals surface area contributed by atoms with Crippen LogP contribution in [-0.2, 0) is 16.6 Å². The van der Waals surface area contributed by atoms with Gasteiger partial charge in [-0.2, -0.15) is 0 Å². The van der Waals surface area contributed by atoms with Gasteiger partial charge in [-0.1, -0.05) is 35.6 Å². The van der Waals surface area contributed by atoms with E-state index in [1.807, 2.05) is 54.2 Å². The van der Waals surface area contributed by atoms with Gasteiger partial charge in [-0.15, -0.1) is 0 Å². The Morgan fingerprint density at radius 1 is 1.14 bits per heavy atom. The molecule has 0 N–H and O–H groups in total. The highest BCUT2D eigenvalue weighted by Crippen LogP contribution is 2.36. The number of ether oxygens (including phenoxy) is 3. The van der Waals surface area contributed by atoms with Crippen LogP contribution in [-0.4, -0.2) is 35.9 Å². The van der Waals surface area contributed by atoms with E-state index in [0.717, 1.165) is 16.5 Å². The van der Waals surface area contributed by atoms with Crippen LogP contribution >= 0.6 is 11.3 Å². The molecule has 4 aromatic rings. The molecule has 0 spiro atoms. The first-order valence-corrected chi connectivity index (χ1v) is 12.6. The smallest absolute Gasteiger partial charge is 0.338 e. The van der Waals surface area contributed by atoms with Crippen molar-refractivity contribution in [2.45, 2.75) is 19.9 Å². The number of hydrogen-bond acceptors (Lipinski definition) is 7. The predicted molar refractivity (Wildman–Crippen MR) is 143 cm³/mol. The summed E-state index contributed by atoms with van der Waals surface area (Å²) in [5.74, 6) is 0.538. The Labute approximate surface area is 217 Å². The van der Waals surface area contributed by atoms with Crippen molar-refractivity contribution >= 4 is 34.3 Å². The molecule has 9 heteroatoms. The Morgan fingerprint density at radius 2 is 1.89 bits per heavy atom. The van der Waals surface area contributed by atoms with Crippen LogP contribution in [0.5, 0.6) is 11.5 Å². The largest absolute Gasteiger partial charge is 0.493 e. The maximum Gasteiger partial charge on any atom is 0.338 e. The number of methoxy groups -OCH3 is 2. The van der Waals surface area contributed by atoms with E-state index >= 15 is 0 Å². The van der Waals surface area contributed by atoms with Crippen LogP contribution in [0.3, 0.4) is 0 Å². The third-order valence-corrected chi connectivity index (χ3v) is 7.44. The average molecular weight is 518 g/mol. The van der Waals surface area contributed by atoms with Crippen molar-refractivity contribution in [2.75, 3.05) is 20.8 Å². The standard InChI is InChI=1S/C28H27N3O5S/c1-6-36-27(33)24-16(2)29-28-31(25(24)17-11-12-21(34-4)22(13-17)35-5)26(32)23(37-28)14-18-15-30(3)20-10-8-7-9-19(18)20/h7-15,25H,6H2,1-5H3/b23-14+. The molecule has 190 valence electrons. The third kappa shape index (κ3) is 4.15. The maximum absolute atomic E-state index is 13.9. The predicted octanol–water partition coefficient (Wildman–Crippen LogP) is 3.31. The monoisotopic (exact) mass is 517 g/mol. The van der Waals surface area contributed by atoms with Crippen LogP contribution in [0.15, 0.2) is 69.7 Å². The van der Waals surface area contributed by atoms with Crippen molar-refractivity contribution in [3.63, 3.8) is 0 Å². The zero-order valence-corrected chi connectivity index (χ0v) is 22.1. The van der Waals surface area contributed by atoms with Gasteiger partial charge in [0, 0.05) is 29.7 Å². The molecule has 0 amide bonds. The zero-order chi connectivity index (χ0) is 26.3. The highest BCUT2D eigenvalue weighted by Gasteiger charge is 2.34. The lowest BCUT2D eigenvalue weighted by molar-refractivity contribution is -0.139. The molecule has 2 aromatic heterocycles. The molecule has 0 radical (unpaired) electrons. The first kappa shape index (κ1) is 24.6. The van der Waals surface area contributed by atoms with Crippen molar-refractivity contribution in [2.24, 2.45) is 12.0 Å². The summed E-state index contributed by atoms with van der Waals surface area (Å²) in [5.41, 5.74) is 3.30. The second kappa shape index (κ2) is 9.74. The van der Waals surface area contributed by atoms with Gasteiger partial charge in [0.05, 0.1) is 42.7 Å². The van der Waals surface area contributed by atoms with E-state index in [1.165, 1.54) is 11.3 Å². The van der Waals surface area contributed by atoms with Crippen LogP contribution in [0.4, 0.5) is 0 Å². The van der Waals surface area contributed by atoms with Gasteiger partial charge in [0.25, 0.3) is 5.56 Å². The van der Waals surface area contributed by atoms with Crippen molar-refractivity contribution in [1.82, 2.24) is 9.13 Å². The minimum atomic E-state index is -0.732. The molecule has 0 saturated carbocycles. The van der Waals surface area contributed by atoms with Gasteiger partial charge >= 0.3 is 5.97 Å². The maximum atomic E-state index is 13.9. The van der Waals surface area contributed by atoms with E-state index in [1.54, 1.807) is 44.8 Å². The van der Waals surface area contributed by atoms with Gasteiger partial charge in [-0.05, 0) is 43.7 Å². The second-order valence-corrected chi connectivity index (χ2v) is 9.64. The lowest BCUT2D eigenvalue weighted by atomic mass is 9.95. The highest BCUT2D eigenvalue weighted by atomic mass is 32.1. The zero-order valence-electron chi connectivity index (χ0n) is 21.3. The summed E-state index contributed by atoms with van der Waals surface area (Å²) in [7, 11) is 5.08. The quantitative estimate of drug-likeness (QED) is 0.367. The lowest BCUT2D eigenvalue weighted by Gasteiger charge is -2.25. The molecule has 0 saturated heterocycles. The number of para-hydroxylation sites is 1. The molecule has 3 heterocycles. The van der Waals surface area contributed by atoms with Crippen molar-refractivity contribution in [1.29, 1.82) is 0 Å². The Morgan fingerprint density at radius 3 is 2.62 bits per heavy atom. The van der Waals surface area contributed by atoms with E-state index in [4.69, 9.17) is 14.2 Å². The SMILES string of the molecule is CCOC(=O)C1=C(C)N=c2s/c(=C/c3cn(C)c4ccccc34)c(=O)n2C1c1ccc(OC)c(OC)c1. The molecule has 0 fully saturated rings. The number of esters is 1. The first-order valence-electron chi connectivity index (χ1n) is 11.8. The molecular weight excluding hydrogens is 490 g/mol. The van der Waals surface area contributed by atoms with Gasteiger partial charge in [-0.3, -0.25) is 9.36 Å². The van der Waals surface area contributed by atoms with E-state index in [9.17, 15) is 9.59 Å². The summed E-state index contributed by atoms with van der Waals surface area (Å²) in [4.78, 5) is 32.2. The normalized spacial score (nSPS) is 15.5. The number of rotatable bonds is 6. The Balaban J connectivity index is 1.76. The first-order chi connectivity index (χ1) is 17.9. The molecule has 0 aliphatic carbocycles. The second-order valence-electron chi connectivity index (χ2n) is 8.63. The van der Waals surface area contributed by atoms with E-state index in [0.29, 0.717) is 37.7 Å². The number of carbonyl (C=O) groups is 1. The van der Waals surface area contributed by atoms with Gasteiger partial charge in [0.1, 0.15) is 0 Å². The van der Waals surface area contributed by atoms with Gasteiger partial charge in [-0.25, -0.2) is 9.79 Å². The molecule has 0 bridgehead atoms. The molecule has 1 atom stereocenters. The molecule has 5 rings (SSSR count). The minimum absolute atomic E-state index is 0.208. The minimum Gasteiger partial charge on any atom is -0.493 e. The van der Waals surface area contributed by atoms with Crippen LogP contribution in [0.2, 0.25) is 0 Å². The van der Waals surface area contributed by atoms with Gasteiger partial charge in [0.2, 0.25) is 0 Å². The fourth-order valence-electron chi connectivity index (χ4n) is 4.76. The number of allylic oxidation sites excluding steroid dienone is 1. The van der Waals surface area contributed by atoms with Crippen LogP contribution in [0.25, 0.3) is 17.0 Å². The van der Waals surface area contributed by atoms with Crippen molar-refractivity contribution in [3.8, 4) is 11.5 Å². The molecule has 2 aromatic carbocycles. The Kier molecular flexibility index (Phi) is 6.47. The number of thiazole rings is 1. The Hall–Kier alpha value is -4.11. The van der Waals surface area contributed by atoms with E-state index in [-0.39, 0.29) is 12.2 Å². The number of aryl methyl sites for hydroxylation is 1. The number of hydrogen-bond donors (Lipinski definition) is 0. The molecule has 37 heavy (non-hydrogen) atoms. The number of nitrogens with zero attached hydrogens (tertiary/aromatic N) is 3. The average Bonchev–Trinajstić information content (AvgIpc) is 3.38. The van der Waals surface area contributed by atoms with Crippen LogP contribution < -0.4 is 24.4 Å². The summed E-state index contributed by atoms with van der Waals surface area (Å²) < 4.78 is 20.4.